The maximum Gasteiger partial charge on any atom is 0.227 e. The highest BCUT2D eigenvalue weighted by molar-refractivity contribution is 5.38. The van der Waals surface area contributed by atoms with Gasteiger partial charge in [0, 0.05) is 26.4 Å². The van der Waals surface area contributed by atoms with Gasteiger partial charge in [-0.15, -0.1) is 0 Å². The van der Waals surface area contributed by atoms with Crippen molar-refractivity contribution in [3.63, 3.8) is 0 Å². The Bertz CT molecular complexity index is 404. The number of aliphatic hydroxyl groups excluding tert-OH is 1. The van der Waals surface area contributed by atoms with E-state index in [0.717, 1.165) is 13.0 Å². The van der Waals surface area contributed by atoms with Crippen molar-refractivity contribution in [3.05, 3.63) is 12.3 Å². The number of aromatic nitrogens is 2. The van der Waals surface area contributed by atoms with Crippen molar-refractivity contribution in [1.82, 2.24) is 9.97 Å². The zero-order valence-corrected chi connectivity index (χ0v) is 11.0. The molecule has 0 amide bonds. The highest BCUT2D eigenvalue weighted by Crippen LogP contribution is 2.19. The van der Waals surface area contributed by atoms with Crippen LogP contribution in [-0.4, -0.2) is 60.7 Å². The lowest BCUT2D eigenvalue weighted by atomic mass is 10.1. The molecule has 0 aliphatic carbocycles. The maximum absolute atomic E-state index is 10.1. The monoisotopic (exact) mass is 268 g/mol. The largest absolute Gasteiger partial charge is 0.389 e. The van der Waals surface area contributed by atoms with Crippen LogP contribution in [-0.2, 0) is 9.47 Å². The number of methoxy groups -OCH3 is 1. The Labute approximate surface area is 112 Å². The van der Waals surface area contributed by atoms with Gasteiger partial charge < -0.3 is 25.2 Å². The molecule has 0 unspecified atom stereocenters. The van der Waals surface area contributed by atoms with E-state index in [1.54, 1.807) is 19.4 Å². The molecule has 1 fully saturated rings. The van der Waals surface area contributed by atoms with Crippen LogP contribution in [0.2, 0.25) is 0 Å². The number of anilines is 2. The molecule has 1 saturated heterocycles. The van der Waals surface area contributed by atoms with Gasteiger partial charge in [0.05, 0.1) is 25.4 Å². The summed E-state index contributed by atoms with van der Waals surface area (Å²) in [6.45, 7) is 2.21. The minimum Gasteiger partial charge on any atom is -0.389 e. The van der Waals surface area contributed by atoms with Crippen LogP contribution < -0.4 is 10.6 Å². The van der Waals surface area contributed by atoms with Crippen LogP contribution in [0.15, 0.2) is 12.3 Å². The maximum atomic E-state index is 10.1. The normalized spacial score (nSPS) is 23.6. The molecular weight excluding hydrogens is 248 g/mol. The van der Waals surface area contributed by atoms with E-state index < -0.39 is 6.10 Å². The van der Waals surface area contributed by atoms with E-state index in [9.17, 15) is 5.11 Å². The van der Waals surface area contributed by atoms with E-state index in [2.05, 4.69) is 9.97 Å². The average Bonchev–Trinajstić information content (AvgIpc) is 2.41. The van der Waals surface area contributed by atoms with Gasteiger partial charge in [-0.05, 0) is 12.5 Å². The molecule has 0 saturated carbocycles. The molecule has 19 heavy (non-hydrogen) atoms. The van der Waals surface area contributed by atoms with Crippen LogP contribution >= 0.6 is 0 Å². The number of nitrogens with zero attached hydrogens (tertiary/aromatic N) is 3. The quantitative estimate of drug-likeness (QED) is 0.706. The first-order chi connectivity index (χ1) is 9.20. The minimum absolute atomic E-state index is 0.160. The molecule has 2 heterocycles. The fraction of sp³-hybridized carbons (Fsp3) is 0.667. The van der Waals surface area contributed by atoms with E-state index in [1.165, 1.54) is 0 Å². The summed E-state index contributed by atoms with van der Waals surface area (Å²) in [5.74, 6) is 0.979. The molecule has 2 rings (SSSR count). The zero-order chi connectivity index (χ0) is 13.7. The second-order valence-corrected chi connectivity index (χ2v) is 4.49. The summed E-state index contributed by atoms with van der Waals surface area (Å²) in [6, 6.07) is 1.64. The van der Waals surface area contributed by atoms with Gasteiger partial charge in [-0.3, -0.25) is 0 Å². The molecule has 1 aromatic rings. The third kappa shape index (κ3) is 3.76. The molecule has 7 nitrogen and oxygen atoms in total. The van der Waals surface area contributed by atoms with Crippen LogP contribution in [0.5, 0.6) is 0 Å². The summed E-state index contributed by atoms with van der Waals surface area (Å²) < 4.78 is 10.5. The van der Waals surface area contributed by atoms with Crippen molar-refractivity contribution in [2.75, 3.05) is 44.0 Å². The van der Waals surface area contributed by atoms with Crippen LogP contribution in [0.4, 0.5) is 11.8 Å². The lowest BCUT2D eigenvalue weighted by molar-refractivity contribution is -0.0593. The number of nitrogens with two attached hydrogens (primary N) is 1. The zero-order valence-electron chi connectivity index (χ0n) is 11.0. The van der Waals surface area contributed by atoms with Crippen LogP contribution in [0.25, 0.3) is 0 Å². The Morgan fingerprint density at radius 1 is 1.53 bits per heavy atom. The minimum atomic E-state index is -0.560. The lowest BCUT2D eigenvalue weighted by Gasteiger charge is -2.35. The molecule has 0 aromatic carbocycles. The standard InChI is InChI=1S/C12H20N4O3/c1-18-6-7-19-10-3-5-16(8-9(10)17)12-14-4-2-11(13)15-12/h2,4,9-10,17H,3,5-8H2,1H3,(H2,13,14,15)/t9-,10-/m0/s1. The summed E-state index contributed by atoms with van der Waals surface area (Å²) >= 11 is 0. The number of hydrogen-bond acceptors (Lipinski definition) is 7. The highest BCUT2D eigenvalue weighted by Gasteiger charge is 2.29. The van der Waals surface area contributed by atoms with Crippen LogP contribution in [0.1, 0.15) is 6.42 Å². The molecule has 0 spiro atoms. The van der Waals surface area contributed by atoms with Crippen molar-refractivity contribution < 1.29 is 14.6 Å². The Balaban J connectivity index is 1.89. The smallest absolute Gasteiger partial charge is 0.227 e. The summed E-state index contributed by atoms with van der Waals surface area (Å²) in [6.07, 6.45) is 1.62. The van der Waals surface area contributed by atoms with Gasteiger partial charge in [0.15, 0.2) is 0 Å². The number of aliphatic hydroxyl groups is 1. The van der Waals surface area contributed by atoms with Crippen molar-refractivity contribution in [2.24, 2.45) is 0 Å². The third-order valence-corrected chi connectivity index (χ3v) is 3.09. The van der Waals surface area contributed by atoms with Crippen molar-refractivity contribution in [2.45, 2.75) is 18.6 Å². The molecule has 2 atom stereocenters. The van der Waals surface area contributed by atoms with Crippen LogP contribution in [0, 0.1) is 0 Å². The molecule has 1 aromatic heterocycles. The molecule has 1 aliphatic rings. The van der Waals surface area contributed by atoms with Crippen molar-refractivity contribution in [1.29, 1.82) is 0 Å². The Hall–Kier alpha value is -1.44. The lowest BCUT2D eigenvalue weighted by Crippen LogP contribution is -2.48. The number of hydrogen-bond donors (Lipinski definition) is 2. The summed E-state index contributed by atoms with van der Waals surface area (Å²) in [5.41, 5.74) is 5.63. The SMILES string of the molecule is COCCO[C@H]1CCN(c2nccc(N)n2)C[C@@H]1O. The number of nitrogen functional groups attached to an aromatic ring is 1. The molecule has 0 radical (unpaired) electrons. The highest BCUT2D eigenvalue weighted by atomic mass is 16.5. The predicted molar refractivity (Wildman–Crippen MR) is 70.9 cm³/mol. The van der Waals surface area contributed by atoms with Crippen molar-refractivity contribution >= 4 is 11.8 Å². The first kappa shape index (κ1) is 14.0. The summed E-state index contributed by atoms with van der Waals surface area (Å²) in [4.78, 5) is 10.2. The number of β-amino-alcohol motifs (C(OH)–C–C–N with tert-alkyl or cyclic N) is 1. The van der Waals surface area contributed by atoms with E-state index >= 15 is 0 Å². The summed E-state index contributed by atoms with van der Waals surface area (Å²) in [7, 11) is 1.62. The fourth-order valence-electron chi connectivity index (χ4n) is 2.08. The Kier molecular flexibility index (Phi) is 4.89. The second-order valence-electron chi connectivity index (χ2n) is 4.49. The van der Waals surface area contributed by atoms with E-state index in [1.807, 2.05) is 4.90 Å². The first-order valence-corrected chi connectivity index (χ1v) is 6.33. The van der Waals surface area contributed by atoms with E-state index in [4.69, 9.17) is 15.2 Å². The third-order valence-electron chi connectivity index (χ3n) is 3.09. The Morgan fingerprint density at radius 3 is 3.05 bits per heavy atom. The average molecular weight is 268 g/mol. The van der Waals surface area contributed by atoms with Gasteiger partial charge in [0.1, 0.15) is 5.82 Å². The van der Waals surface area contributed by atoms with Gasteiger partial charge in [-0.2, -0.15) is 4.98 Å². The molecule has 0 bridgehead atoms. The fourth-order valence-corrected chi connectivity index (χ4v) is 2.08. The van der Waals surface area contributed by atoms with Gasteiger partial charge in [-0.25, -0.2) is 4.98 Å². The molecule has 3 N–H and O–H groups in total. The van der Waals surface area contributed by atoms with Crippen molar-refractivity contribution in [3.8, 4) is 0 Å². The van der Waals surface area contributed by atoms with Gasteiger partial charge in [0.2, 0.25) is 5.95 Å². The summed E-state index contributed by atoms with van der Waals surface area (Å²) in [5, 5.41) is 10.1. The van der Waals surface area contributed by atoms with Gasteiger partial charge in [-0.1, -0.05) is 0 Å². The number of ether oxygens (including phenoxy) is 2. The van der Waals surface area contributed by atoms with E-state index in [-0.39, 0.29) is 6.10 Å². The topological polar surface area (TPSA) is 93.7 Å². The number of rotatable bonds is 5. The van der Waals surface area contributed by atoms with Crippen LogP contribution in [0.3, 0.4) is 0 Å². The number of piperidine rings is 1. The molecular formula is C12H20N4O3. The first-order valence-electron chi connectivity index (χ1n) is 6.33. The van der Waals surface area contributed by atoms with E-state index in [0.29, 0.717) is 31.5 Å². The van der Waals surface area contributed by atoms with Gasteiger partial charge >= 0.3 is 0 Å². The molecule has 1 aliphatic heterocycles. The van der Waals surface area contributed by atoms with Gasteiger partial charge in [0.25, 0.3) is 0 Å². The predicted octanol–water partition coefficient (Wildman–Crippen LogP) is -0.339. The Morgan fingerprint density at radius 2 is 2.37 bits per heavy atom. The molecule has 106 valence electrons. The second kappa shape index (κ2) is 6.65. The molecule has 7 heteroatoms.